The van der Waals surface area contributed by atoms with Crippen LogP contribution in [-0.4, -0.2) is 236 Å². The number of anilines is 2. The molecule has 11 rings (SSSR count). The predicted octanol–water partition coefficient (Wildman–Crippen LogP) is 4.83. The number of rotatable bonds is 26. The molecule has 8 atom stereocenters. The Morgan fingerprint density at radius 2 is 1.53 bits per heavy atom. The first-order valence-corrected chi connectivity index (χ1v) is 34.1. The van der Waals surface area contributed by atoms with Crippen molar-refractivity contribution in [3.63, 3.8) is 0 Å². The number of carbonyl (C=O) groups excluding carboxylic acids is 9. The van der Waals surface area contributed by atoms with Gasteiger partial charge in [0.1, 0.15) is 29.3 Å². The number of hydrogen-bond acceptors (Lipinski definition) is 18. The molecule has 4 N–H and O–H groups in total. The highest BCUT2D eigenvalue weighted by Crippen LogP contribution is 2.73. The number of allylic oxidation sites excluding steroid dienone is 4. The fraction of sp³-hybridized carbons (Fsp3) is 0.606. The highest BCUT2D eigenvalue weighted by atomic mass is 16.6. The predicted molar refractivity (Wildman–Crippen MR) is 350 cm³/mol. The van der Waals surface area contributed by atoms with Gasteiger partial charge in [0.2, 0.25) is 29.5 Å². The Balaban J connectivity index is 0.634. The second kappa shape index (κ2) is 29.8. The topological polar surface area (TPSA) is 296 Å². The van der Waals surface area contributed by atoms with Gasteiger partial charge in [0.15, 0.2) is 11.4 Å². The Bertz CT molecular complexity index is 3500. The summed E-state index contributed by atoms with van der Waals surface area (Å²) in [5.41, 5.74) is 5.67. The number of ether oxygens (including phenoxy) is 5. The van der Waals surface area contributed by atoms with Crippen LogP contribution in [0.3, 0.4) is 0 Å². The third kappa shape index (κ3) is 14.9. The Morgan fingerprint density at radius 1 is 0.802 bits per heavy atom. The van der Waals surface area contributed by atoms with E-state index in [-0.39, 0.29) is 131 Å². The van der Waals surface area contributed by atoms with E-state index >= 15 is 4.79 Å². The number of carboxylic acid groups (broad SMARTS) is 1. The lowest BCUT2D eigenvalue weighted by Crippen LogP contribution is -2.67. The molecule has 4 aliphatic carbocycles. The van der Waals surface area contributed by atoms with Crippen LogP contribution in [0.4, 0.5) is 16.2 Å². The second-order valence-corrected chi connectivity index (χ2v) is 27.6. The molecule has 25 heteroatoms. The molecule has 96 heavy (non-hydrogen) atoms. The van der Waals surface area contributed by atoms with Crippen LogP contribution in [0.1, 0.15) is 143 Å². The fourth-order valence-electron chi connectivity index (χ4n) is 15.8. The van der Waals surface area contributed by atoms with Crippen molar-refractivity contribution in [2.45, 2.75) is 152 Å². The Labute approximate surface area is 560 Å². The number of amides is 8. The van der Waals surface area contributed by atoms with E-state index in [1.165, 1.54) is 37.0 Å². The van der Waals surface area contributed by atoms with Crippen LogP contribution in [-0.2, 0) is 57.2 Å². The van der Waals surface area contributed by atoms with E-state index in [4.69, 9.17) is 23.7 Å². The Hall–Kier alpha value is -8.02. The van der Waals surface area contributed by atoms with E-state index in [9.17, 15) is 48.3 Å². The summed E-state index contributed by atoms with van der Waals surface area (Å²) in [7, 11) is 1.99. The molecule has 2 saturated carbocycles. The van der Waals surface area contributed by atoms with Crippen LogP contribution in [0.5, 0.6) is 0 Å². The van der Waals surface area contributed by atoms with Crippen LogP contribution in [0, 0.1) is 23.7 Å². The number of nitrogens with zero attached hydrogens (tertiary/aromatic N) is 6. The number of carbonyl (C=O) groups is 10. The largest absolute Gasteiger partial charge is 0.480 e. The number of piperidine rings is 1. The molecule has 4 saturated heterocycles. The van der Waals surface area contributed by atoms with Crippen LogP contribution < -0.4 is 20.9 Å². The molecule has 2 aromatic carbocycles. The minimum absolute atomic E-state index is 0.00576. The third-order valence-electron chi connectivity index (χ3n) is 20.3. The maximum Gasteiger partial charge on any atom is 0.410 e. The van der Waals surface area contributed by atoms with Gasteiger partial charge in [0.25, 0.3) is 11.8 Å². The molecule has 8 amide bonds. The van der Waals surface area contributed by atoms with Gasteiger partial charge in [-0.15, -0.1) is 5.92 Å². The number of carboxylic acids is 1. The summed E-state index contributed by atoms with van der Waals surface area (Å²) in [5, 5.41) is 18.0. The van der Waals surface area contributed by atoms with E-state index in [0.717, 1.165) is 49.1 Å². The lowest BCUT2D eigenvalue weighted by molar-refractivity contribution is -0.156. The van der Waals surface area contributed by atoms with Crippen LogP contribution in [0.15, 0.2) is 65.3 Å². The first kappa shape index (κ1) is 69.3. The summed E-state index contributed by atoms with van der Waals surface area (Å²) in [6.07, 6.45) is 9.10. The zero-order chi connectivity index (χ0) is 68.1. The number of ketones is 1. The third-order valence-corrected chi connectivity index (χ3v) is 20.3. The van der Waals surface area contributed by atoms with Crippen molar-refractivity contribution in [3.8, 4) is 11.8 Å². The number of aliphatic carboxylic acids is 1. The normalized spacial score (nSPS) is 26.1. The Morgan fingerprint density at radius 3 is 2.25 bits per heavy atom. The second-order valence-electron chi connectivity index (χ2n) is 27.6. The monoisotopic (exact) mass is 1330 g/mol. The van der Waals surface area contributed by atoms with Crippen molar-refractivity contribution < 1.29 is 76.7 Å². The Kier molecular flexibility index (Phi) is 21.5. The minimum Gasteiger partial charge on any atom is -0.480 e. The van der Waals surface area contributed by atoms with Gasteiger partial charge in [-0.25, -0.2) is 4.79 Å². The average Bonchev–Trinajstić information content (AvgIpc) is 1.49. The van der Waals surface area contributed by atoms with E-state index in [0.29, 0.717) is 76.1 Å². The molecule has 1 spiro atoms. The summed E-state index contributed by atoms with van der Waals surface area (Å²) < 4.78 is 29.6. The maximum absolute atomic E-state index is 15.0. The van der Waals surface area contributed by atoms with Gasteiger partial charge in [0.05, 0.1) is 50.6 Å². The highest BCUT2D eigenvalue weighted by molar-refractivity contribution is 6.25. The van der Waals surface area contributed by atoms with E-state index in [2.05, 4.69) is 57.0 Å². The van der Waals surface area contributed by atoms with Crippen LogP contribution in [0.25, 0.3) is 0 Å². The quantitative estimate of drug-likeness (QED) is 0.0424. The van der Waals surface area contributed by atoms with Gasteiger partial charge in [-0.3, -0.25) is 58.3 Å². The number of fused-ring (bicyclic) bond motifs is 4. The molecule has 25 nitrogen and oxygen atoms in total. The highest BCUT2D eigenvalue weighted by Gasteiger charge is 2.79. The maximum atomic E-state index is 15.0. The number of imide groups is 2. The smallest absolute Gasteiger partial charge is 0.410 e. The van der Waals surface area contributed by atoms with E-state index < -0.39 is 71.2 Å². The van der Waals surface area contributed by atoms with Crippen molar-refractivity contribution in [1.29, 1.82) is 0 Å². The molecule has 6 fully saturated rings. The van der Waals surface area contributed by atoms with Gasteiger partial charge in [0, 0.05) is 109 Å². The first-order valence-electron chi connectivity index (χ1n) is 34.1. The number of benzene rings is 2. The number of epoxide rings is 1. The van der Waals surface area contributed by atoms with Crippen molar-refractivity contribution >= 4 is 70.6 Å². The van der Waals surface area contributed by atoms with Crippen molar-refractivity contribution in [2.75, 3.05) is 122 Å². The van der Waals surface area contributed by atoms with Gasteiger partial charge in [-0.1, -0.05) is 29.7 Å². The van der Waals surface area contributed by atoms with Crippen LogP contribution >= 0.6 is 0 Å². The van der Waals surface area contributed by atoms with Crippen molar-refractivity contribution in [1.82, 2.24) is 35.1 Å². The van der Waals surface area contributed by atoms with Gasteiger partial charge >= 0.3 is 12.1 Å². The van der Waals surface area contributed by atoms with E-state index in [1.807, 2.05) is 20.0 Å². The SMILES string of the molecule is CC#C[C@]12CC[C@H]3[C@@H]4CCC5=CC(=O)CCC5=C4[C@@H](c4ccc(N(C)CCCC(=O)N5CCN(C(=O)OC(C)(C)C)CC5C(=O)N5CCN(CC(=O)O)CC5C(=O)NCCCOCCOCCOCCCNc5cccc6c5C(=O)N(C5CCC(=O)NC5=O)C6=O)cc4)C[C@@]31O2. The number of piperazine rings is 2. The lowest BCUT2D eigenvalue weighted by atomic mass is 9.57. The van der Waals surface area contributed by atoms with Gasteiger partial charge < -0.3 is 59.0 Å². The summed E-state index contributed by atoms with van der Waals surface area (Å²) in [5.74, 6) is 3.18. The summed E-state index contributed by atoms with van der Waals surface area (Å²) in [4.78, 5) is 141. The van der Waals surface area contributed by atoms with Crippen molar-refractivity contribution in [3.05, 3.63) is 82.0 Å². The standard InChI is InChI=1S/C71H91N9O16/c1-6-25-70-26-24-53-50-20-16-46-40-48(81)19-21-49(46)61(50)52(41-71(53,70)96-70)45-14-17-47(18-15-45)75(5)29-8-13-59(83)78-33-31-77(68(91)95-69(2,3)4)43-57(78)66(89)79-32-30-76(44-60(84)85)42-56(79)63(86)73-28-10-35-93-37-39-94-38-36-92-34-9-27-72-54-12-7-11-51-62(54)67(90)80(65(51)88)55-22-23-58(82)74-64(55)87/h7,11-12,14-15,17-18,40,50,52-53,55-57,72H,8-10,13,16,19-24,26-39,41-44H2,1-5H3,(H,73,86)(H,84,85)(H,74,82,87)/t50-,52+,53-,55?,56?,57?,70-,71+/m0/s1. The molecular weight excluding hydrogens is 1230 g/mol. The summed E-state index contributed by atoms with van der Waals surface area (Å²) in [6.45, 7) is 9.93. The molecular formula is C71H91N9O16. The molecule has 0 bridgehead atoms. The van der Waals surface area contributed by atoms with Crippen LogP contribution in [0.2, 0.25) is 0 Å². The molecule has 0 radical (unpaired) electrons. The molecule has 5 aliphatic heterocycles. The first-order chi connectivity index (χ1) is 46.1. The molecule has 2 aromatic rings. The number of nitrogens with one attached hydrogen (secondary N) is 3. The molecule has 9 aliphatic rings. The lowest BCUT2D eigenvalue weighted by Gasteiger charge is -2.46. The molecule has 3 unspecified atom stereocenters. The van der Waals surface area contributed by atoms with Crippen molar-refractivity contribution in [2.24, 2.45) is 11.8 Å². The minimum atomic E-state index is -1.15. The summed E-state index contributed by atoms with van der Waals surface area (Å²) >= 11 is 0. The zero-order valence-electron chi connectivity index (χ0n) is 55.8. The fourth-order valence-corrected chi connectivity index (χ4v) is 15.8. The molecule has 5 heterocycles. The van der Waals surface area contributed by atoms with Gasteiger partial charge in [-0.2, -0.15) is 0 Å². The van der Waals surface area contributed by atoms with Gasteiger partial charge in [-0.05, 0) is 151 Å². The summed E-state index contributed by atoms with van der Waals surface area (Å²) in [6, 6.07) is 10.3. The number of hydrogen-bond donors (Lipinski definition) is 4. The zero-order valence-corrected chi connectivity index (χ0v) is 55.8. The average molecular weight is 1330 g/mol. The molecule has 0 aromatic heterocycles. The van der Waals surface area contributed by atoms with E-state index in [1.54, 1.807) is 43.9 Å². The molecule has 516 valence electrons.